The number of thioether (sulfide) groups is 1. The summed E-state index contributed by atoms with van der Waals surface area (Å²) >= 11 is 1.23. The first-order chi connectivity index (χ1) is 8.54. The summed E-state index contributed by atoms with van der Waals surface area (Å²) in [6.07, 6.45) is 0. The van der Waals surface area contributed by atoms with Gasteiger partial charge in [-0.2, -0.15) is 0 Å². The van der Waals surface area contributed by atoms with E-state index in [4.69, 9.17) is 9.63 Å². The third kappa shape index (κ3) is 2.98. The Bertz CT molecular complexity index is 634. The Kier molecular flexibility index (Phi) is 3.47. The first kappa shape index (κ1) is 12.4. The van der Waals surface area contributed by atoms with Crippen molar-refractivity contribution in [2.45, 2.75) is 17.8 Å². The minimum atomic E-state index is -1.14. The molecule has 7 nitrogen and oxygen atoms in total. The lowest BCUT2D eigenvalue weighted by molar-refractivity contribution is 0.0685. The predicted molar refractivity (Wildman–Crippen MR) is 62.6 cm³/mol. The summed E-state index contributed by atoms with van der Waals surface area (Å²) in [7, 11) is 0. The second-order valence-electron chi connectivity index (χ2n) is 3.46. The van der Waals surface area contributed by atoms with Crippen molar-refractivity contribution in [1.29, 1.82) is 0 Å². The van der Waals surface area contributed by atoms with E-state index in [0.717, 1.165) is 0 Å². The van der Waals surface area contributed by atoms with Crippen LogP contribution in [0.5, 0.6) is 0 Å². The smallest absolute Gasteiger partial charge is 0.358 e. The molecule has 0 aliphatic carbocycles. The summed E-state index contributed by atoms with van der Waals surface area (Å²) in [5, 5.41) is 12.5. The molecular formula is C10H9N3O4S. The summed E-state index contributed by atoms with van der Waals surface area (Å²) in [5.41, 5.74) is 0.245. The van der Waals surface area contributed by atoms with Gasteiger partial charge in [-0.05, 0) is 6.92 Å². The molecule has 0 saturated heterocycles. The van der Waals surface area contributed by atoms with Crippen LogP contribution >= 0.6 is 11.8 Å². The number of nitrogens with zero attached hydrogens (tertiary/aromatic N) is 2. The van der Waals surface area contributed by atoms with Crippen LogP contribution in [0, 0.1) is 6.92 Å². The molecule has 2 aromatic heterocycles. The highest BCUT2D eigenvalue weighted by Gasteiger charge is 2.11. The van der Waals surface area contributed by atoms with Crippen LogP contribution in [-0.2, 0) is 5.75 Å². The highest BCUT2D eigenvalue weighted by molar-refractivity contribution is 7.98. The van der Waals surface area contributed by atoms with Gasteiger partial charge < -0.3 is 14.6 Å². The van der Waals surface area contributed by atoms with Crippen molar-refractivity contribution in [3.63, 3.8) is 0 Å². The maximum atomic E-state index is 11.2. The summed E-state index contributed by atoms with van der Waals surface area (Å²) in [6, 6.07) is 2.73. The summed E-state index contributed by atoms with van der Waals surface area (Å²) in [5.74, 6) is -0.397. The minimum Gasteiger partial charge on any atom is -0.476 e. The van der Waals surface area contributed by atoms with Crippen LogP contribution in [0.25, 0.3) is 0 Å². The lowest BCUT2D eigenvalue weighted by Gasteiger charge is -1.98. The summed E-state index contributed by atoms with van der Waals surface area (Å²) < 4.78 is 4.84. The molecule has 0 spiro atoms. The van der Waals surface area contributed by atoms with Crippen molar-refractivity contribution in [3.05, 3.63) is 39.6 Å². The van der Waals surface area contributed by atoms with Crippen LogP contribution in [0.3, 0.4) is 0 Å². The molecule has 18 heavy (non-hydrogen) atoms. The molecule has 0 aliphatic heterocycles. The van der Waals surface area contributed by atoms with Crippen LogP contribution in [0.2, 0.25) is 0 Å². The van der Waals surface area contributed by atoms with E-state index in [1.807, 2.05) is 0 Å². The Morgan fingerprint density at radius 2 is 2.33 bits per heavy atom. The molecule has 0 unspecified atom stereocenters. The second kappa shape index (κ2) is 5.05. The zero-order chi connectivity index (χ0) is 13.1. The Labute approximate surface area is 105 Å². The summed E-state index contributed by atoms with van der Waals surface area (Å²) in [6.45, 7) is 1.72. The SMILES string of the molecule is Cc1cc(=O)[nH]c(SCc2cc(C(=O)O)no2)n1. The number of carboxylic acid groups (broad SMARTS) is 1. The van der Waals surface area contributed by atoms with Gasteiger partial charge in [0.05, 0.1) is 5.75 Å². The Balaban J connectivity index is 2.06. The molecule has 0 radical (unpaired) electrons. The van der Waals surface area contributed by atoms with Gasteiger partial charge >= 0.3 is 5.97 Å². The van der Waals surface area contributed by atoms with E-state index >= 15 is 0 Å². The minimum absolute atomic E-state index is 0.142. The largest absolute Gasteiger partial charge is 0.476 e. The molecule has 0 saturated carbocycles. The molecule has 0 atom stereocenters. The fourth-order valence-electron chi connectivity index (χ4n) is 1.24. The number of H-pyrrole nitrogens is 1. The van der Waals surface area contributed by atoms with E-state index in [-0.39, 0.29) is 11.3 Å². The van der Waals surface area contributed by atoms with E-state index in [1.165, 1.54) is 23.9 Å². The molecule has 0 aromatic carbocycles. The molecule has 2 rings (SSSR count). The number of rotatable bonds is 4. The molecule has 94 valence electrons. The highest BCUT2D eigenvalue weighted by atomic mass is 32.2. The van der Waals surface area contributed by atoms with Gasteiger partial charge in [-0.15, -0.1) is 0 Å². The Hall–Kier alpha value is -2.09. The van der Waals surface area contributed by atoms with Crippen molar-refractivity contribution in [3.8, 4) is 0 Å². The first-order valence-electron chi connectivity index (χ1n) is 4.94. The predicted octanol–water partition coefficient (Wildman–Crippen LogP) is 1.06. The topological polar surface area (TPSA) is 109 Å². The zero-order valence-corrected chi connectivity index (χ0v) is 10.2. The molecule has 0 bridgehead atoms. The van der Waals surface area contributed by atoms with Gasteiger partial charge in [0.25, 0.3) is 5.56 Å². The molecule has 2 aromatic rings. The third-order valence-corrected chi connectivity index (χ3v) is 2.87. The van der Waals surface area contributed by atoms with E-state index in [2.05, 4.69) is 15.1 Å². The van der Waals surface area contributed by atoms with Gasteiger partial charge in [-0.25, -0.2) is 9.78 Å². The van der Waals surface area contributed by atoms with Crippen molar-refractivity contribution in [2.75, 3.05) is 0 Å². The van der Waals surface area contributed by atoms with Crippen LogP contribution in [-0.4, -0.2) is 26.2 Å². The number of aryl methyl sites for hydroxylation is 1. The van der Waals surface area contributed by atoms with Gasteiger partial charge in [-0.1, -0.05) is 16.9 Å². The zero-order valence-electron chi connectivity index (χ0n) is 9.34. The van der Waals surface area contributed by atoms with Crippen LogP contribution in [0.15, 0.2) is 26.6 Å². The molecular weight excluding hydrogens is 258 g/mol. The fourth-order valence-corrected chi connectivity index (χ4v) is 2.04. The van der Waals surface area contributed by atoms with E-state index in [9.17, 15) is 9.59 Å². The normalized spacial score (nSPS) is 10.5. The first-order valence-corrected chi connectivity index (χ1v) is 5.93. The standard InChI is InChI=1S/C10H9N3O4S/c1-5-2-8(14)12-10(11-5)18-4-6-3-7(9(15)16)13-17-6/h2-3H,4H2,1H3,(H,15,16)(H,11,12,14). The maximum absolute atomic E-state index is 11.2. The number of hydrogen-bond acceptors (Lipinski definition) is 6. The van der Waals surface area contributed by atoms with Gasteiger partial charge in [0.1, 0.15) is 5.76 Å². The van der Waals surface area contributed by atoms with E-state index in [1.54, 1.807) is 6.92 Å². The van der Waals surface area contributed by atoms with Gasteiger partial charge in [0, 0.05) is 17.8 Å². The van der Waals surface area contributed by atoms with Crippen LogP contribution in [0.4, 0.5) is 0 Å². The number of nitrogens with one attached hydrogen (secondary N) is 1. The molecule has 2 N–H and O–H groups in total. The molecule has 0 amide bonds. The molecule has 0 fully saturated rings. The lowest BCUT2D eigenvalue weighted by atomic mass is 10.4. The van der Waals surface area contributed by atoms with Gasteiger partial charge in [-0.3, -0.25) is 4.79 Å². The second-order valence-corrected chi connectivity index (χ2v) is 4.43. The number of carboxylic acids is 1. The number of carbonyl (C=O) groups is 1. The number of aromatic amines is 1. The van der Waals surface area contributed by atoms with Crippen molar-refractivity contribution >= 4 is 17.7 Å². The maximum Gasteiger partial charge on any atom is 0.358 e. The number of hydrogen-bond donors (Lipinski definition) is 2. The lowest BCUT2D eigenvalue weighted by Crippen LogP contribution is -2.07. The number of aromatic nitrogens is 3. The summed E-state index contributed by atoms with van der Waals surface area (Å²) in [4.78, 5) is 28.5. The Morgan fingerprint density at radius 1 is 1.56 bits per heavy atom. The van der Waals surface area contributed by atoms with Crippen molar-refractivity contribution in [1.82, 2.24) is 15.1 Å². The molecule has 2 heterocycles. The monoisotopic (exact) mass is 267 g/mol. The van der Waals surface area contributed by atoms with Crippen LogP contribution < -0.4 is 5.56 Å². The van der Waals surface area contributed by atoms with Crippen LogP contribution in [0.1, 0.15) is 21.9 Å². The van der Waals surface area contributed by atoms with Crippen molar-refractivity contribution < 1.29 is 14.4 Å². The fraction of sp³-hybridized carbons (Fsp3) is 0.200. The van der Waals surface area contributed by atoms with Crippen molar-refractivity contribution in [2.24, 2.45) is 0 Å². The Morgan fingerprint density at radius 3 is 2.94 bits per heavy atom. The van der Waals surface area contributed by atoms with E-state index < -0.39 is 5.97 Å². The van der Waals surface area contributed by atoms with Gasteiger partial charge in [0.2, 0.25) is 0 Å². The third-order valence-electron chi connectivity index (χ3n) is 1.98. The average Bonchev–Trinajstić information content (AvgIpc) is 2.73. The molecule has 8 heteroatoms. The highest BCUT2D eigenvalue weighted by Crippen LogP contribution is 2.18. The van der Waals surface area contributed by atoms with E-state index in [0.29, 0.717) is 22.4 Å². The number of aromatic carboxylic acids is 1. The average molecular weight is 267 g/mol. The van der Waals surface area contributed by atoms with Gasteiger partial charge in [0.15, 0.2) is 10.9 Å². The molecule has 0 aliphatic rings. The quantitative estimate of drug-likeness (QED) is 0.629.